The number of hydrogen-bond donors (Lipinski definition) is 1. The van der Waals surface area contributed by atoms with Crippen LogP contribution in [0.3, 0.4) is 0 Å². The second kappa shape index (κ2) is 6.38. The van der Waals surface area contributed by atoms with Crippen LogP contribution in [0.25, 0.3) is 0 Å². The van der Waals surface area contributed by atoms with Gasteiger partial charge in [-0.05, 0) is 31.4 Å². The second-order valence-corrected chi connectivity index (χ2v) is 4.85. The fraction of sp³-hybridized carbons (Fsp3) is 0.500. The number of amides is 1. The molecule has 0 spiro atoms. The first-order valence-corrected chi connectivity index (χ1v) is 6.08. The normalized spacial score (nSPS) is 12.3. The van der Waals surface area contributed by atoms with Gasteiger partial charge in [-0.25, -0.2) is 4.39 Å². The molecule has 0 aliphatic heterocycles. The van der Waals surface area contributed by atoms with Crippen molar-refractivity contribution >= 4 is 5.91 Å². The van der Waals surface area contributed by atoms with Crippen molar-refractivity contribution in [1.29, 1.82) is 0 Å². The largest absolute Gasteiger partial charge is 0.497 e. The molecular weight excluding hydrogens is 233 g/mol. The summed E-state index contributed by atoms with van der Waals surface area (Å²) in [7, 11) is 1.46. The molecule has 1 aromatic rings. The van der Waals surface area contributed by atoms with Crippen LogP contribution in [-0.4, -0.2) is 19.1 Å². The summed E-state index contributed by atoms with van der Waals surface area (Å²) in [5.74, 6) is -0.0628. The number of ether oxygens (including phenoxy) is 1. The van der Waals surface area contributed by atoms with Crippen LogP contribution in [-0.2, 0) is 0 Å². The van der Waals surface area contributed by atoms with Crippen molar-refractivity contribution < 1.29 is 13.9 Å². The zero-order valence-corrected chi connectivity index (χ0v) is 11.3. The first-order chi connectivity index (χ1) is 8.43. The average Bonchev–Trinajstić information content (AvgIpc) is 2.27. The van der Waals surface area contributed by atoms with Crippen molar-refractivity contribution in [3.8, 4) is 5.75 Å². The Bertz CT molecular complexity index is 418. The summed E-state index contributed by atoms with van der Waals surface area (Å²) in [5, 5.41) is 2.79. The minimum absolute atomic E-state index is 0.0269. The summed E-state index contributed by atoms with van der Waals surface area (Å²) in [4.78, 5) is 11.9. The predicted octanol–water partition coefficient (Wildman–Crippen LogP) is 3.00. The molecule has 1 unspecified atom stereocenters. The molecule has 1 N–H and O–H groups in total. The van der Waals surface area contributed by atoms with Gasteiger partial charge in [-0.1, -0.05) is 13.8 Å². The van der Waals surface area contributed by atoms with Crippen molar-refractivity contribution in [3.63, 3.8) is 0 Å². The van der Waals surface area contributed by atoms with Crippen molar-refractivity contribution in [2.75, 3.05) is 7.11 Å². The van der Waals surface area contributed by atoms with Gasteiger partial charge in [0.15, 0.2) is 0 Å². The third-order valence-corrected chi connectivity index (χ3v) is 2.62. The summed E-state index contributed by atoms with van der Waals surface area (Å²) in [6.45, 7) is 6.08. The average molecular weight is 253 g/mol. The van der Waals surface area contributed by atoms with E-state index in [9.17, 15) is 9.18 Å². The number of methoxy groups -OCH3 is 1. The van der Waals surface area contributed by atoms with Crippen LogP contribution in [0, 0.1) is 11.7 Å². The molecule has 1 amide bonds. The first kappa shape index (κ1) is 14.5. The lowest BCUT2D eigenvalue weighted by Crippen LogP contribution is -2.34. The third kappa shape index (κ3) is 4.02. The van der Waals surface area contributed by atoms with Crippen LogP contribution in [0.15, 0.2) is 18.2 Å². The molecule has 1 rings (SSSR count). The van der Waals surface area contributed by atoms with Gasteiger partial charge < -0.3 is 10.1 Å². The fourth-order valence-corrected chi connectivity index (χ4v) is 1.87. The first-order valence-electron chi connectivity index (χ1n) is 6.08. The molecule has 0 radical (unpaired) electrons. The Balaban J connectivity index is 2.72. The third-order valence-electron chi connectivity index (χ3n) is 2.62. The Morgan fingerprint density at radius 2 is 2.06 bits per heavy atom. The monoisotopic (exact) mass is 253 g/mol. The van der Waals surface area contributed by atoms with Crippen molar-refractivity contribution in [1.82, 2.24) is 5.32 Å². The van der Waals surface area contributed by atoms with E-state index in [1.165, 1.54) is 19.2 Å². The molecule has 1 atom stereocenters. The number of carbonyl (C=O) groups excluding carboxylic acids is 1. The van der Waals surface area contributed by atoms with Crippen molar-refractivity contribution in [3.05, 3.63) is 29.6 Å². The minimum Gasteiger partial charge on any atom is -0.497 e. The summed E-state index contributed by atoms with van der Waals surface area (Å²) >= 11 is 0. The Hall–Kier alpha value is -1.58. The van der Waals surface area contributed by atoms with E-state index < -0.39 is 5.82 Å². The van der Waals surface area contributed by atoms with Crippen molar-refractivity contribution in [2.45, 2.75) is 33.2 Å². The molecule has 4 heteroatoms. The van der Waals surface area contributed by atoms with Gasteiger partial charge in [0, 0.05) is 12.1 Å². The molecule has 0 saturated carbocycles. The Kier molecular flexibility index (Phi) is 5.13. The van der Waals surface area contributed by atoms with Crippen LogP contribution in [0.1, 0.15) is 37.6 Å². The van der Waals surface area contributed by atoms with E-state index in [0.29, 0.717) is 11.7 Å². The van der Waals surface area contributed by atoms with Gasteiger partial charge in [-0.2, -0.15) is 0 Å². The van der Waals surface area contributed by atoms with Gasteiger partial charge in [0.1, 0.15) is 11.6 Å². The van der Waals surface area contributed by atoms with Gasteiger partial charge in [0.05, 0.1) is 12.7 Å². The lowest BCUT2D eigenvalue weighted by atomic mass is 10.0. The zero-order chi connectivity index (χ0) is 13.7. The van der Waals surface area contributed by atoms with Gasteiger partial charge in [-0.3, -0.25) is 4.79 Å². The Morgan fingerprint density at radius 3 is 2.56 bits per heavy atom. The van der Waals surface area contributed by atoms with E-state index in [0.717, 1.165) is 6.42 Å². The molecule has 0 aliphatic carbocycles. The van der Waals surface area contributed by atoms with Crippen molar-refractivity contribution in [2.24, 2.45) is 5.92 Å². The summed E-state index contributed by atoms with van der Waals surface area (Å²) in [6, 6.07) is 4.25. The Morgan fingerprint density at radius 1 is 1.39 bits per heavy atom. The standard InChI is InChI=1S/C14H20FNO2/c1-9(2)7-10(3)16-14(17)12-6-5-11(18-4)8-13(12)15/h5-6,8-10H,7H2,1-4H3,(H,16,17). The van der Waals surface area contributed by atoms with Crippen LogP contribution in [0.5, 0.6) is 5.75 Å². The molecule has 100 valence electrons. The number of hydrogen-bond acceptors (Lipinski definition) is 2. The van der Waals surface area contributed by atoms with Crippen LogP contribution in [0.4, 0.5) is 4.39 Å². The maximum absolute atomic E-state index is 13.7. The van der Waals surface area contributed by atoms with Crippen LogP contribution < -0.4 is 10.1 Å². The van der Waals surface area contributed by atoms with Gasteiger partial charge in [-0.15, -0.1) is 0 Å². The molecule has 18 heavy (non-hydrogen) atoms. The highest BCUT2D eigenvalue weighted by atomic mass is 19.1. The van der Waals surface area contributed by atoms with Crippen LogP contribution >= 0.6 is 0 Å². The molecule has 0 aliphatic rings. The highest BCUT2D eigenvalue weighted by Crippen LogP contribution is 2.16. The highest BCUT2D eigenvalue weighted by molar-refractivity contribution is 5.94. The van der Waals surface area contributed by atoms with E-state index in [1.54, 1.807) is 6.07 Å². The number of halogens is 1. The maximum Gasteiger partial charge on any atom is 0.254 e. The maximum atomic E-state index is 13.7. The molecule has 1 aromatic carbocycles. The second-order valence-electron chi connectivity index (χ2n) is 4.85. The van der Waals surface area contributed by atoms with Gasteiger partial charge in [0.2, 0.25) is 0 Å². The van der Waals surface area contributed by atoms with E-state index in [4.69, 9.17) is 4.74 Å². The summed E-state index contributed by atoms with van der Waals surface area (Å²) < 4.78 is 18.6. The molecular formula is C14H20FNO2. The topological polar surface area (TPSA) is 38.3 Å². The molecule has 0 saturated heterocycles. The number of nitrogens with one attached hydrogen (secondary N) is 1. The molecule has 0 fully saturated rings. The SMILES string of the molecule is COc1ccc(C(=O)NC(C)CC(C)C)c(F)c1. The lowest BCUT2D eigenvalue weighted by molar-refractivity contribution is 0.0932. The van der Waals surface area contributed by atoms with Crippen LogP contribution in [0.2, 0.25) is 0 Å². The number of benzene rings is 1. The van der Waals surface area contributed by atoms with E-state index in [-0.39, 0.29) is 17.5 Å². The summed E-state index contributed by atoms with van der Waals surface area (Å²) in [5.41, 5.74) is 0.0476. The minimum atomic E-state index is -0.566. The van der Waals surface area contributed by atoms with E-state index in [2.05, 4.69) is 19.2 Å². The number of carbonyl (C=O) groups is 1. The Labute approximate surface area is 107 Å². The van der Waals surface area contributed by atoms with Gasteiger partial charge in [0.25, 0.3) is 5.91 Å². The molecule has 0 aromatic heterocycles. The highest BCUT2D eigenvalue weighted by Gasteiger charge is 2.15. The quantitative estimate of drug-likeness (QED) is 0.876. The van der Waals surface area contributed by atoms with E-state index >= 15 is 0 Å². The molecule has 0 heterocycles. The lowest BCUT2D eigenvalue weighted by Gasteiger charge is -2.16. The van der Waals surface area contributed by atoms with E-state index in [1.807, 2.05) is 6.92 Å². The number of rotatable bonds is 5. The molecule has 3 nitrogen and oxygen atoms in total. The van der Waals surface area contributed by atoms with Gasteiger partial charge >= 0.3 is 0 Å². The smallest absolute Gasteiger partial charge is 0.254 e. The zero-order valence-electron chi connectivity index (χ0n) is 11.3. The summed E-state index contributed by atoms with van der Waals surface area (Å²) in [6.07, 6.45) is 0.865. The predicted molar refractivity (Wildman–Crippen MR) is 69.3 cm³/mol. The fourth-order valence-electron chi connectivity index (χ4n) is 1.87. The molecule has 0 bridgehead atoms.